The molecule has 51 heavy (non-hydrogen) atoms. The fraction of sp³-hybridized carbons (Fsp3) is 0.706. The number of hydrogen-bond donors (Lipinski definition) is 4. The molecule has 7 rings (SSSR count). The highest BCUT2D eigenvalue weighted by Crippen LogP contribution is 2.84. The van der Waals surface area contributed by atoms with Crippen molar-refractivity contribution >= 4 is 35.8 Å². The van der Waals surface area contributed by atoms with Crippen LogP contribution in [0.2, 0.25) is 0 Å². The number of ether oxygens (including phenoxy) is 6. The van der Waals surface area contributed by atoms with Gasteiger partial charge in [-0.2, -0.15) is 0 Å². The van der Waals surface area contributed by atoms with E-state index in [0.29, 0.717) is 0 Å². The SMILES string of the molecule is CC(=O)O[C@@H]1[C@H](OC(C)=O)[C@]2(C)C(CC(=O)O[C@@H]2c2ccoc2)[C@@]2(O)[C@H](OC(C)=O)[C@@]3(O)[C@@H](OC(C)=O)[C@]4(C)C[C@@]3(O)[C@]3(COC(=O)C[C@@H]43)[C@@]12O. The van der Waals surface area contributed by atoms with E-state index in [1.54, 1.807) is 0 Å². The van der Waals surface area contributed by atoms with Crippen LogP contribution in [-0.2, 0) is 57.2 Å². The van der Waals surface area contributed by atoms with Gasteiger partial charge in [-0.3, -0.25) is 28.8 Å². The average molecular weight is 721 g/mol. The maximum atomic E-state index is 13.9. The Morgan fingerprint density at radius 1 is 0.765 bits per heavy atom. The second kappa shape index (κ2) is 10.5. The number of cyclic esters (lactones) is 2. The highest BCUT2D eigenvalue weighted by molar-refractivity contribution is 5.76. The predicted octanol–water partition coefficient (Wildman–Crippen LogP) is -0.458. The summed E-state index contributed by atoms with van der Waals surface area (Å²) in [6, 6.07) is 1.43. The van der Waals surface area contributed by atoms with Gasteiger partial charge in [-0.15, -0.1) is 0 Å². The number of furan rings is 1. The smallest absolute Gasteiger partial charge is 0.306 e. The topological polar surface area (TPSA) is 252 Å². The van der Waals surface area contributed by atoms with Crippen molar-refractivity contribution in [1.29, 1.82) is 0 Å². The van der Waals surface area contributed by atoms with Gasteiger partial charge < -0.3 is 53.3 Å². The molecule has 6 aliphatic rings. The molecule has 4 aliphatic carbocycles. The normalized spacial score (nSPS) is 48.9. The molecular formula is C34H40O17. The van der Waals surface area contributed by atoms with Crippen molar-refractivity contribution in [3.63, 3.8) is 0 Å². The number of carbonyl (C=O) groups is 6. The van der Waals surface area contributed by atoms with Crippen LogP contribution < -0.4 is 0 Å². The monoisotopic (exact) mass is 720 g/mol. The molecule has 2 saturated heterocycles. The largest absolute Gasteiger partial charge is 0.472 e. The number of aliphatic hydroxyl groups is 4. The van der Waals surface area contributed by atoms with Crippen molar-refractivity contribution < 1.29 is 82.0 Å². The van der Waals surface area contributed by atoms with Gasteiger partial charge in [-0.1, -0.05) is 13.8 Å². The highest BCUT2D eigenvalue weighted by atomic mass is 16.6. The van der Waals surface area contributed by atoms with Gasteiger partial charge in [-0.25, -0.2) is 0 Å². The summed E-state index contributed by atoms with van der Waals surface area (Å²) in [5, 5.41) is 54.1. The van der Waals surface area contributed by atoms with Gasteiger partial charge in [0.25, 0.3) is 0 Å². The van der Waals surface area contributed by atoms with E-state index < -0.39 is 143 Å². The molecule has 14 atom stereocenters. The van der Waals surface area contributed by atoms with Crippen LogP contribution in [0.25, 0.3) is 0 Å². The lowest BCUT2D eigenvalue weighted by Gasteiger charge is -2.78. The third-order valence-corrected chi connectivity index (χ3v) is 13.1. The third-order valence-electron chi connectivity index (χ3n) is 13.1. The molecule has 0 aromatic carbocycles. The van der Waals surface area contributed by atoms with Crippen molar-refractivity contribution in [3.05, 3.63) is 24.2 Å². The van der Waals surface area contributed by atoms with Crippen molar-refractivity contribution in [3.8, 4) is 0 Å². The fourth-order valence-electron chi connectivity index (χ4n) is 11.8. The Labute approximate surface area is 290 Å². The lowest BCUT2D eigenvalue weighted by molar-refractivity contribution is -0.470. The van der Waals surface area contributed by atoms with Crippen LogP contribution in [0.15, 0.2) is 23.0 Å². The Hall–Kier alpha value is -4.06. The number of rotatable bonds is 5. The number of carbonyl (C=O) groups excluding carboxylic acids is 6. The van der Waals surface area contributed by atoms with E-state index in [2.05, 4.69) is 0 Å². The summed E-state index contributed by atoms with van der Waals surface area (Å²) in [6.07, 6.45) is -9.09. The predicted molar refractivity (Wildman–Crippen MR) is 160 cm³/mol. The minimum atomic E-state index is -3.18. The Kier molecular flexibility index (Phi) is 7.29. The number of hydrogen-bond acceptors (Lipinski definition) is 17. The molecule has 2 bridgehead atoms. The van der Waals surface area contributed by atoms with Crippen molar-refractivity contribution in [2.45, 2.75) is 114 Å². The van der Waals surface area contributed by atoms with Crippen molar-refractivity contribution in [2.75, 3.05) is 6.61 Å². The molecule has 2 aliphatic heterocycles. The summed E-state index contributed by atoms with van der Waals surface area (Å²) < 4.78 is 40.0. The molecule has 278 valence electrons. The molecular weight excluding hydrogens is 680 g/mol. The first-order chi connectivity index (χ1) is 23.6. The third kappa shape index (κ3) is 3.79. The minimum absolute atomic E-state index is 0.191. The number of fused-ring (bicyclic) bond motifs is 5. The Bertz CT molecular complexity index is 1740. The molecule has 0 amide bonds. The van der Waals surface area contributed by atoms with Crippen LogP contribution in [0.1, 0.15) is 72.5 Å². The molecule has 1 aromatic rings. The van der Waals surface area contributed by atoms with E-state index in [4.69, 9.17) is 32.8 Å². The van der Waals surface area contributed by atoms with Gasteiger partial charge in [0.15, 0.2) is 23.9 Å². The van der Waals surface area contributed by atoms with Gasteiger partial charge in [0.05, 0.1) is 29.8 Å². The second-order valence-corrected chi connectivity index (χ2v) is 15.4. The molecule has 3 heterocycles. The molecule has 1 spiro atoms. The van der Waals surface area contributed by atoms with E-state index in [1.807, 2.05) is 0 Å². The van der Waals surface area contributed by atoms with Gasteiger partial charge in [-0.05, 0) is 18.4 Å². The summed E-state index contributed by atoms with van der Waals surface area (Å²) in [4.78, 5) is 78.6. The van der Waals surface area contributed by atoms with Gasteiger partial charge >= 0.3 is 35.8 Å². The molecule has 17 nitrogen and oxygen atoms in total. The molecule has 6 fully saturated rings. The molecule has 4 N–H and O–H groups in total. The van der Waals surface area contributed by atoms with Crippen molar-refractivity contribution in [2.24, 2.45) is 28.1 Å². The quantitative estimate of drug-likeness (QED) is 0.222. The van der Waals surface area contributed by atoms with E-state index in [-0.39, 0.29) is 5.56 Å². The zero-order valence-corrected chi connectivity index (χ0v) is 28.7. The van der Waals surface area contributed by atoms with Crippen LogP contribution in [0.4, 0.5) is 0 Å². The Morgan fingerprint density at radius 3 is 1.90 bits per heavy atom. The fourth-order valence-corrected chi connectivity index (χ4v) is 11.8. The summed E-state index contributed by atoms with van der Waals surface area (Å²) in [7, 11) is 0. The van der Waals surface area contributed by atoms with Crippen LogP contribution in [0, 0.1) is 28.1 Å². The van der Waals surface area contributed by atoms with Gasteiger partial charge in [0.1, 0.15) is 35.6 Å². The average Bonchev–Trinajstić information content (AvgIpc) is 3.67. The summed E-state index contributed by atoms with van der Waals surface area (Å²) >= 11 is 0. The molecule has 4 saturated carbocycles. The standard InChI is InChI=1S/C34H40O17/c1-14(35)47-24-25(48-15(2)36)34(44)30-13-46-21(39)9-19(30)28(5)12-31(30,41)33(43,26(28)49-16(3)37)27(50-17(4)38)32(34,42)20-10-22(40)51-23(29(20,24)6)18-7-8-45-11-18/h7-8,11,19-20,23-27,41-44H,9-10,12-13H2,1-6H3/t19-,20?,23+,24-,25+,26-,27-,28+,29+,30+,31+,32+,33-,34-/m0/s1. The summed E-state index contributed by atoms with van der Waals surface area (Å²) in [5.41, 5.74) is -17.9. The first kappa shape index (κ1) is 35.3. The van der Waals surface area contributed by atoms with Crippen LogP contribution in [0.5, 0.6) is 0 Å². The van der Waals surface area contributed by atoms with E-state index >= 15 is 0 Å². The first-order valence-electron chi connectivity index (χ1n) is 16.6. The maximum Gasteiger partial charge on any atom is 0.306 e. The summed E-state index contributed by atoms with van der Waals surface area (Å²) in [5.74, 6) is -8.89. The second-order valence-electron chi connectivity index (χ2n) is 15.4. The molecule has 17 heteroatoms. The molecule has 1 aromatic heterocycles. The highest BCUT2D eigenvalue weighted by Gasteiger charge is 3.01. The lowest BCUT2D eigenvalue weighted by Crippen LogP contribution is -2.99. The lowest BCUT2D eigenvalue weighted by atomic mass is 9.32. The molecule has 1 unspecified atom stereocenters. The number of esters is 6. The van der Waals surface area contributed by atoms with E-state index in [0.717, 1.165) is 27.7 Å². The van der Waals surface area contributed by atoms with E-state index in [1.165, 1.54) is 32.4 Å². The van der Waals surface area contributed by atoms with Crippen LogP contribution >= 0.6 is 0 Å². The molecule has 0 radical (unpaired) electrons. The van der Waals surface area contributed by atoms with Crippen LogP contribution in [-0.4, -0.2) is 110 Å². The zero-order chi connectivity index (χ0) is 37.5. The zero-order valence-electron chi connectivity index (χ0n) is 28.7. The van der Waals surface area contributed by atoms with Gasteiger partial charge in [0.2, 0.25) is 0 Å². The van der Waals surface area contributed by atoms with Crippen LogP contribution in [0.3, 0.4) is 0 Å². The summed E-state index contributed by atoms with van der Waals surface area (Å²) in [6.45, 7) is 5.99. The maximum absolute atomic E-state index is 13.9. The van der Waals surface area contributed by atoms with Gasteiger partial charge in [0, 0.05) is 51.0 Å². The minimum Gasteiger partial charge on any atom is -0.472 e. The first-order valence-corrected chi connectivity index (χ1v) is 16.6. The van der Waals surface area contributed by atoms with Crippen molar-refractivity contribution in [1.82, 2.24) is 0 Å². The Balaban J connectivity index is 1.65. The Morgan fingerprint density at radius 2 is 1.33 bits per heavy atom. The van der Waals surface area contributed by atoms with E-state index in [9.17, 15) is 49.2 Å².